The highest BCUT2D eigenvalue weighted by molar-refractivity contribution is 5.46. The number of methoxy groups -OCH3 is 1. The highest BCUT2D eigenvalue weighted by atomic mass is 16.5. The lowest BCUT2D eigenvalue weighted by Crippen LogP contribution is -2.53. The lowest BCUT2D eigenvalue weighted by atomic mass is 10.1. The van der Waals surface area contributed by atoms with Gasteiger partial charge in [-0.2, -0.15) is 4.68 Å². The van der Waals surface area contributed by atoms with E-state index in [1.165, 1.54) is 0 Å². The first kappa shape index (κ1) is 18.0. The predicted molar refractivity (Wildman–Crippen MR) is 94.7 cm³/mol. The van der Waals surface area contributed by atoms with Gasteiger partial charge in [0.25, 0.3) is 0 Å². The Labute approximate surface area is 148 Å². The molecule has 1 aromatic heterocycles. The average Bonchev–Trinajstić information content (AvgIpc) is 2.93. The molecule has 0 spiro atoms. The van der Waals surface area contributed by atoms with Gasteiger partial charge in [0, 0.05) is 20.2 Å². The fourth-order valence-corrected chi connectivity index (χ4v) is 3.63. The molecular weight excluding hydrogens is 318 g/mol. The van der Waals surface area contributed by atoms with E-state index in [9.17, 15) is 0 Å². The van der Waals surface area contributed by atoms with Crippen molar-refractivity contribution in [3.8, 4) is 5.69 Å². The molecule has 0 bridgehead atoms. The molecule has 0 radical (unpaired) electrons. The van der Waals surface area contributed by atoms with Crippen LogP contribution in [0, 0.1) is 13.8 Å². The van der Waals surface area contributed by atoms with Crippen molar-refractivity contribution < 1.29 is 9.47 Å². The van der Waals surface area contributed by atoms with Crippen LogP contribution in [-0.4, -0.2) is 63.6 Å². The van der Waals surface area contributed by atoms with E-state index >= 15 is 0 Å². The molecule has 0 N–H and O–H groups in total. The second-order valence-corrected chi connectivity index (χ2v) is 7.37. The molecule has 1 fully saturated rings. The topological polar surface area (TPSA) is 65.3 Å². The van der Waals surface area contributed by atoms with Gasteiger partial charge < -0.3 is 9.47 Å². The number of nitrogens with zero attached hydrogens (tertiary/aromatic N) is 5. The molecule has 3 rings (SSSR count). The number of tetrazole rings is 1. The molecule has 1 aromatic carbocycles. The minimum absolute atomic E-state index is 0.0540. The van der Waals surface area contributed by atoms with Gasteiger partial charge in [-0.3, -0.25) is 4.90 Å². The second kappa shape index (κ2) is 7.19. The zero-order chi connectivity index (χ0) is 18.0. The number of benzene rings is 1. The smallest absolute Gasteiger partial charge is 0.170 e. The molecule has 1 saturated heterocycles. The first-order valence-corrected chi connectivity index (χ1v) is 8.62. The van der Waals surface area contributed by atoms with Gasteiger partial charge in [0.15, 0.2) is 5.82 Å². The highest BCUT2D eigenvalue weighted by Crippen LogP contribution is 2.24. The van der Waals surface area contributed by atoms with Crippen LogP contribution in [0.2, 0.25) is 0 Å². The molecule has 0 saturated carbocycles. The molecule has 1 aliphatic rings. The van der Waals surface area contributed by atoms with Crippen molar-refractivity contribution in [3.63, 3.8) is 0 Å². The molecule has 2 aromatic rings. The van der Waals surface area contributed by atoms with Crippen LogP contribution >= 0.6 is 0 Å². The van der Waals surface area contributed by atoms with Crippen LogP contribution in [0.5, 0.6) is 0 Å². The Balaban J connectivity index is 1.84. The van der Waals surface area contributed by atoms with Gasteiger partial charge in [0.1, 0.15) is 0 Å². The van der Waals surface area contributed by atoms with E-state index in [4.69, 9.17) is 9.47 Å². The quantitative estimate of drug-likeness (QED) is 0.825. The van der Waals surface area contributed by atoms with Crippen molar-refractivity contribution in [1.29, 1.82) is 0 Å². The van der Waals surface area contributed by atoms with Crippen LogP contribution in [0.4, 0.5) is 0 Å². The highest BCUT2D eigenvalue weighted by Gasteiger charge is 2.34. The van der Waals surface area contributed by atoms with E-state index in [-0.39, 0.29) is 11.7 Å². The molecule has 1 aliphatic heterocycles. The fourth-order valence-electron chi connectivity index (χ4n) is 3.63. The first-order valence-electron chi connectivity index (χ1n) is 8.62. The normalized spacial score (nSPS) is 20.8. The van der Waals surface area contributed by atoms with Crippen molar-refractivity contribution in [2.24, 2.45) is 0 Å². The number of hydrogen-bond acceptors (Lipinski definition) is 6. The first-order chi connectivity index (χ1) is 11.9. The van der Waals surface area contributed by atoms with E-state index in [0.29, 0.717) is 13.2 Å². The summed E-state index contributed by atoms with van der Waals surface area (Å²) in [6.07, 6.45) is 0.0540. The number of para-hydroxylation sites is 1. The largest absolute Gasteiger partial charge is 0.382 e. The van der Waals surface area contributed by atoms with Crippen LogP contribution < -0.4 is 0 Å². The number of aromatic nitrogens is 4. The molecular formula is C18H27N5O2. The number of rotatable bonds is 5. The Bertz CT molecular complexity index is 708. The fraction of sp³-hybridized carbons (Fsp3) is 0.611. The molecule has 7 nitrogen and oxygen atoms in total. The van der Waals surface area contributed by atoms with Crippen molar-refractivity contribution >= 4 is 0 Å². The average molecular weight is 345 g/mol. The summed E-state index contributed by atoms with van der Waals surface area (Å²) in [7, 11) is 1.71. The SMILES string of the molecule is COCC1CN(Cc2nnnn2-c2c(C)cccc2C)CC(C)(C)O1. The van der Waals surface area contributed by atoms with Crippen LogP contribution in [0.15, 0.2) is 18.2 Å². The third-order valence-corrected chi connectivity index (χ3v) is 4.45. The van der Waals surface area contributed by atoms with Gasteiger partial charge in [0.2, 0.25) is 0 Å². The van der Waals surface area contributed by atoms with Gasteiger partial charge in [-0.15, -0.1) is 5.10 Å². The zero-order valence-electron chi connectivity index (χ0n) is 15.7. The second-order valence-electron chi connectivity index (χ2n) is 7.37. The molecule has 1 atom stereocenters. The van der Waals surface area contributed by atoms with Gasteiger partial charge in [0.05, 0.1) is 30.5 Å². The number of aryl methyl sites for hydroxylation is 2. The van der Waals surface area contributed by atoms with Gasteiger partial charge in [-0.1, -0.05) is 18.2 Å². The summed E-state index contributed by atoms with van der Waals surface area (Å²) >= 11 is 0. The molecule has 1 unspecified atom stereocenters. The van der Waals surface area contributed by atoms with Gasteiger partial charge >= 0.3 is 0 Å². The minimum atomic E-state index is -0.224. The summed E-state index contributed by atoms with van der Waals surface area (Å²) in [5.41, 5.74) is 3.16. The van der Waals surface area contributed by atoms with E-state index in [0.717, 1.165) is 35.7 Å². The molecule has 0 amide bonds. The summed E-state index contributed by atoms with van der Waals surface area (Å²) in [5, 5.41) is 12.4. The predicted octanol–water partition coefficient (Wildman–Crippen LogP) is 1.90. The van der Waals surface area contributed by atoms with Crippen molar-refractivity contribution in [1.82, 2.24) is 25.1 Å². The molecule has 2 heterocycles. The number of ether oxygens (including phenoxy) is 2. The minimum Gasteiger partial charge on any atom is -0.382 e. The Morgan fingerprint density at radius 3 is 2.68 bits per heavy atom. The van der Waals surface area contributed by atoms with E-state index in [1.54, 1.807) is 7.11 Å². The Kier molecular flexibility index (Phi) is 5.17. The maximum Gasteiger partial charge on any atom is 0.170 e. The monoisotopic (exact) mass is 345 g/mol. The van der Waals surface area contributed by atoms with Crippen molar-refractivity contribution in [2.75, 3.05) is 26.8 Å². The lowest BCUT2D eigenvalue weighted by Gasteiger charge is -2.42. The number of hydrogen-bond donors (Lipinski definition) is 0. The van der Waals surface area contributed by atoms with E-state index < -0.39 is 0 Å². The number of morpholine rings is 1. The Hall–Kier alpha value is -1.83. The molecule has 25 heavy (non-hydrogen) atoms. The van der Waals surface area contributed by atoms with Crippen LogP contribution in [0.1, 0.15) is 30.8 Å². The van der Waals surface area contributed by atoms with E-state index in [2.05, 4.69) is 66.3 Å². The standard InChI is InChI=1S/C18H27N5O2/c1-13-7-6-8-14(2)17(13)23-16(19-20-21-23)10-22-9-15(11-24-5)25-18(3,4)12-22/h6-8,15H,9-12H2,1-5H3. The van der Waals surface area contributed by atoms with Crippen molar-refractivity contribution in [2.45, 2.75) is 45.9 Å². The summed E-state index contributed by atoms with van der Waals surface area (Å²) in [6, 6.07) is 6.22. The summed E-state index contributed by atoms with van der Waals surface area (Å²) in [6.45, 7) is 11.3. The lowest BCUT2D eigenvalue weighted by molar-refractivity contribution is -0.154. The van der Waals surface area contributed by atoms with E-state index in [1.807, 2.05) is 4.68 Å². The third-order valence-electron chi connectivity index (χ3n) is 4.45. The summed E-state index contributed by atoms with van der Waals surface area (Å²) < 4.78 is 13.2. The van der Waals surface area contributed by atoms with Crippen molar-refractivity contribution in [3.05, 3.63) is 35.2 Å². The van der Waals surface area contributed by atoms with Crippen LogP contribution in [0.3, 0.4) is 0 Å². The molecule has 136 valence electrons. The molecule has 0 aliphatic carbocycles. The van der Waals surface area contributed by atoms with Gasteiger partial charge in [-0.05, 0) is 49.2 Å². The Morgan fingerprint density at radius 2 is 2.00 bits per heavy atom. The summed E-state index contributed by atoms with van der Waals surface area (Å²) in [4.78, 5) is 2.34. The summed E-state index contributed by atoms with van der Waals surface area (Å²) in [5.74, 6) is 0.839. The third kappa shape index (κ3) is 4.05. The maximum atomic E-state index is 6.09. The zero-order valence-corrected chi connectivity index (χ0v) is 15.7. The van der Waals surface area contributed by atoms with Crippen LogP contribution in [-0.2, 0) is 16.0 Å². The maximum absolute atomic E-state index is 6.09. The van der Waals surface area contributed by atoms with Gasteiger partial charge in [-0.25, -0.2) is 0 Å². The molecule has 7 heteroatoms. The Morgan fingerprint density at radius 1 is 1.28 bits per heavy atom. The van der Waals surface area contributed by atoms with Crippen LogP contribution in [0.25, 0.3) is 5.69 Å².